The number of anilines is 1. The molecule has 2 aromatic carbocycles. The zero-order valence-electron chi connectivity index (χ0n) is 13.1. The molecule has 3 rings (SSSR count). The van der Waals surface area contributed by atoms with Crippen LogP contribution in [0.1, 0.15) is 22.1 Å². The Kier molecular flexibility index (Phi) is 4.24. The largest absolute Gasteiger partial charge is 0.493 e. The van der Waals surface area contributed by atoms with Crippen LogP contribution in [-0.2, 0) is 0 Å². The fraction of sp³-hybridized carbons (Fsp3) is 0.235. The van der Waals surface area contributed by atoms with Crippen LogP contribution < -0.4 is 14.8 Å². The molecule has 1 aliphatic rings. The molecule has 0 saturated carbocycles. The van der Waals surface area contributed by atoms with Crippen molar-refractivity contribution < 1.29 is 23.0 Å². The van der Waals surface area contributed by atoms with Gasteiger partial charge in [0.25, 0.3) is 5.91 Å². The molecular formula is C17H16F2N2O3. The van der Waals surface area contributed by atoms with Crippen LogP contribution in [0.25, 0.3) is 0 Å². The highest BCUT2D eigenvalue weighted by molar-refractivity contribution is 6.01. The van der Waals surface area contributed by atoms with E-state index in [4.69, 9.17) is 4.74 Å². The second-order valence-electron chi connectivity index (χ2n) is 5.30. The minimum Gasteiger partial charge on any atom is -0.493 e. The summed E-state index contributed by atoms with van der Waals surface area (Å²) in [6, 6.07) is 11.8. The van der Waals surface area contributed by atoms with Gasteiger partial charge in [0, 0.05) is 12.7 Å². The molecule has 126 valence electrons. The molecule has 5 nitrogen and oxygen atoms in total. The van der Waals surface area contributed by atoms with Crippen LogP contribution in [0.15, 0.2) is 42.5 Å². The predicted octanol–water partition coefficient (Wildman–Crippen LogP) is 3.49. The van der Waals surface area contributed by atoms with Gasteiger partial charge in [-0.3, -0.25) is 4.79 Å². The molecule has 7 heteroatoms. The molecule has 0 fully saturated rings. The summed E-state index contributed by atoms with van der Waals surface area (Å²) in [5.41, 5.74) is 2.00. The number of amides is 1. The van der Waals surface area contributed by atoms with E-state index in [-0.39, 0.29) is 17.4 Å². The van der Waals surface area contributed by atoms with Crippen molar-refractivity contribution in [2.75, 3.05) is 19.5 Å². The van der Waals surface area contributed by atoms with E-state index < -0.39 is 12.8 Å². The number of nitrogens with zero attached hydrogens (tertiary/aromatic N) is 1. The molecule has 1 atom stereocenters. The molecule has 1 heterocycles. The number of ether oxygens (including phenoxy) is 2. The first-order valence-corrected chi connectivity index (χ1v) is 7.26. The number of carbonyl (C=O) groups excluding carboxylic acids is 1. The number of nitrogens with one attached hydrogen (secondary N) is 1. The average Bonchev–Trinajstić information content (AvgIpc) is 2.58. The van der Waals surface area contributed by atoms with Gasteiger partial charge in [-0.2, -0.15) is 8.78 Å². The first-order chi connectivity index (χ1) is 11.5. The van der Waals surface area contributed by atoms with Crippen LogP contribution in [0.5, 0.6) is 11.5 Å². The lowest BCUT2D eigenvalue weighted by molar-refractivity contribution is -0.0512. The fourth-order valence-electron chi connectivity index (χ4n) is 2.70. The normalized spacial score (nSPS) is 16.6. The topological polar surface area (TPSA) is 50.8 Å². The lowest BCUT2D eigenvalue weighted by Crippen LogP contribution is -2.40. The van der Waals surface area contributed by atoms with Gasteiger partial charge in [-0.15, -0.1) is 0 Å². The molecule has 0 aliphatic carbocycles. The van der Waals surface area contributed by atoms with E-state index in [9.17, 15) is 13.6 Å². The number of alkyl halides is 2. The van der Waals surface area contributed by atoms with E-state index >= 15 is 0 Å². The van der Waals surface area contributed by atoms with Crippen molar-refractivity contribution in [3.8, 4) is 11.5 Å². The maximum absolute atomic E-state index is 12.5. The zero-order chi connectivity index (χ0) is 17.3. The van der Waals surface area contributed by atoms with Crippen LogP contribution >= 0.6 is 0 Å². The van der Waals surface area contributed by atoms with E-state index in [0.717, 1.165) is 5.69 Å². The summed E-state index contributed by atoms with van der Waals surface area (Å²) in [5.74, 6) is -0.00281. The molecule has 0 radical (unpaired) electrons. The molecule has 1 aliphatic heterocycles. The van der Waals surface area contributed by atoms with E-state index in [1.54, 1.807) is 36.2 Å². The summed E-state index contributed by atoms with van der Waals surface area (Å²) >= 11 is 0. The quantitative estimate of drug-likeness (QED) is 0.930. The van der Waals surface area contributed by atoms with Crippen molar-refractivity contribution in [1.29, 1.82) is 0 Å². The Morgan fingerprint density at radius 2 is 1.92 bits per heavy atom. The Morgan fingerprint density at radius 3 is 2.62 bits per heavy atom. The molecule has 0 bridgehead atoms. The molecule has 1 amide bonds. The monoisotopic (exact) mass is 334 g/mol. The smallest absolute Gasteiger partial charge is 0.387 e. The van der Waals surface area contributed by atoms with Crippen molar-refractivity contribution >= 4 is 11.6 Å². The van der Waals surface area contributed by atoms with Gasteiger partial charge in [-0.05, 0) is 29.8 Å². The van der Waals surface area contributed by atoms with Gasteiger partial charge in [-0.25, -0.2) is 0 Å². The van der Waals surface area contributed by atoms with Gasteiger partial charge >= 0.3 is 6.61 Å². The number of carbonyl (C=O) groups is 1. The Labute approximate surface area is 137 Å². The third kappa shape index (κ3) is 2.84. The van der Waals surface area contributed by atoms with Gasteiger partial charge < -0.3 is 19.7 Å². The Hall–Kier alpha value is -2.83. The standard InChI is InChI=1S/C17H16F2N2O3/c1-21-15(20-12-6-4-3-5-11(12)16(21)22)10-7-8-13(24-17(18)19)14(9-10)23-2/h3-9,15,17,20H,1-2H3. The maximum Gasteiger partial charge on any atom is 0.387 e. The molecule has 0 aromatic heterocycles. The van der Waals surface area contributed by atoms with Gasteiger partial charge in [0.2, 0.25) is 0 Å². The highest BCUT2D eigenvalue weighted by Crippen LogP contribution is 2.36. The second kappa shape index (κ2) is 6.35. The minimum atomic E-state index is -2.94. The SMILES string of the molecule is COc1cc(C2Nc3ccccc3C(=O)N2C)ccc1OC(F)F. The second-order valence-corrected chi connectivity index (χ2v) is 5.30. The van der Waals surface area contributed by atoms with E-state index in [1.807, 2.05) is 12.1 Å². The van der Waals surface area contributed by atoms with Crippen LogP contribution in [0, 0.1) is 0 Å². The van der Waals surface area contributed by atoms with Gasteiger partial charge in [-0.1, -0.05) is 18.2 Å². The highest BCUT2D eigenvalue weighted by Gasteiger charge is 2.30. The van der Waals surface area contributed by atoms with Crippen LogP contribution in [-0.4, -0.2) is 31.6 Å². The van der Waals surface area contributed by atoms with E-state index in [1.165, 1.54) is 13.2 Å². The molecule has 24 heavy (non-hydrogen) atoms. The molecule has 0 saturated heterocycles. The zero-order valence-corrected chi connectivity index (χ0v) is 13.1. The van der Waals surface area contributed by atoms with Gasteiger partial charge in [0.1, 0.15) is 6.17 Å². The van der Waals surface area contributed by atoms with Crippen LogP contribution in [0.3, 0.4) is 0 Å². The maximum atomic E-state index is 12.5. The summed E-state index contributed by atoms with van der Waals surface area (Å²) < 4.78 is 34.4. The van der Waals surface area contributed by atoms with Crippen LogP contribution in [0.2, 0.25) is 0 Å². The molecule has 0 spiro atoms. The number of benzene rings is 2. The first kappa shape index (κ1) is 16.0. The Morgan fingerprint density at radius 1 is 1.17 bits per heavy atom. The number of hydrogen-bond donors (Lipinski definition) is 1. The van der Waals surface area contributed by atoms with E-state index in [0.29, 0.717) is 11.1 Å². The summed E-state index contributed by atoms with van der Waals surface area (Å²) in [4.78, 5) is 14.0. The number of halogens is 2. The number of hydrogen-bond acceptors (Lipinski definition) is 4. The van der Waals surface area contributed by atoms with Crippen LogP contribution in [0.4, 0.5) is 14.5 Å². The summed E-state index contributed by atoms with van der Waals surface area (Å²) in [5, 5.41) is 3.27. The van der Waals surface area contributed by atoms with Crippen molar-refractivity contribution in [2.45, 2.75) is 12.8 Å². The minimum absolute atomic E-state index is 0.0542. The lowest BCUT2D eigenvalue weighted by Gasteiger charge is -2.35. The first-order valence-electron chi connectivity index (χ1n) is 7.26. The molecule has 2 aromatic rings. The van der Waals surface area contributed by atoms with E-state index in [2.05, 4.69) is 10.1 Å². The lowest BCUT2D eigenvalue weighted by atomic mass is 10.0. The number of rotatable bonds is 4. The fourth-order valence-corrected chi connectivity index (χ4v) is 2.70. The highest BCUT2D eigenvalue weighted by atomic mass is 19.3. The summed E-state index contributed by atoms with van der Waals surface area (Å²) in [6.45, 7) is -2.94. The van der Waals surface area contributed by atoms with Crippen molar-refractivity contribution in [3.05, 3.63) is 53.6 Å². The Balaban J connectivity index is 1.96. The number of fused-ring (bicyclic) bond motifs is 1. The molecular weight excluding hydrogens is 318 g/mol. The average molecular weight is 334 g/mol. The third-order valence-electron chi connectivity index (χ3n) is 3.88. The molecule has 1 unspecified atom stereocenters. The van der Waals surface area contributed by atoms with Crippen molar-refractivity contribution in [3.63, 3.8) is 0 Å². The van der Waals surface area contributed by atoms with Gasteiger partial charge in [0.05, 0.1) is 12.7 Å². The summed E-state index contributed by atoms with van der Waals surface area (Å²) in [7, 11) is 3.04. The third-order valence-corrected chi connectivity index (χ3v) is 3.88. The predicted molar refractivity (Wildman–Crippen MR) is 84.5 cm³/mol. The number of methoxy groups -OCH3 is 1. The van der Waals surface area contributed by atoms with Gasteiger partial charge in [0.15, 0.2) is 11.5 Å². The van der Waals surface area contributed by atoms with Crippen molar-refractivity contribution in [1.82, 2.24) is 4.90 Å². The Bertz CT molecular complexity index is 767. The summed E-state index contributed by atoms with van der Waals surface area (Å²) in [6.07, 6.45) is -0.443. The number of para-hydroxylation sites is 1. The molecule has 1 N–H and O–H groups in total. The van der Waals surface area contributed by atoms with Crippen molar-refractivity contribution in [2.24, 2.45) is 0 Å².